The average molecular weight is 183 g/mol. The number of hydrogen-bond donors (Lipinski definition) is 3. The molecule has 0 spiro atoms. The number of nitrogens with one attached hydrogen (secondary N) is 2. The molecule has 0 bridgehead atoms. The van der Waals surface area contributed by atoms with Crippen LogP contribution in [0.25, 0.3) is 0 Å². The standard InChI is InChI=1S/C6H9N5O2/c1-11(6(7)13)10-5(12)4-2-8-9-3-4/h2-3H,1H3,(H2,7,13)(H,8,9)(H,10,12). The van der Waals surface area contributed by atoms with E-state index in [0.29, 0.717) is 5.56 Å². The van der Waals surface area contributed by atoms with Crippen molar-refractivity contribution in [2.24, 2.45) is 5.73 Å². The second-order valence-electron chi connectivity index (χ2n) is 2.33. The van der Waals surface area contributed by atoms with Gasteiger partial charge in [0.25, 0.3) is 5.91 Å². The van der Waals surface area contributed by atoms with Crippen molar-refractivity contribution in [2.45, 2.75) is 0 Å². The third kappa shape index (κ3) is 2.19. The molecule has 13 heavy (non-hydrogen) atoms. The monoisotopic (exact) mass is 183 g/mol. The van der Waals surface area contributed by atoms with E-state index in [1.807, 2.05) is 0 Å². The average Bonchev–Trinajstić information content (AvgIpc) is 2.55. The van der Waals surface area contributed by atoms with Crippen LogP contribution >= 0.6 is 0 Å². The Morgan fingerprint density at radius 3 is 2.85 bits per heavy atom. The number of hydrogen-bond acceptors (Lipinski definition) is 3. The zero-order chi connectivity index (χ0) is 9.84. The maximum absolute atomic E-state index is 11.2. The fourth-order valence-electron chi connectivity index (χ4n) is 0.647. The lowest BCUT2D eigenvalue weighted by Gasteiger charge is -2.14. The molecule has 0 aliphatic rings. The molecule has 0 saturated carbocycles. The maximum atomic E-state index is 11.2. The fraction of sp³-hybridized carbons (Fsp3) is 0.167. The molecule has 0 saturated heterocycles. The van der Waals surface area contributed by atoms with Crippen LogP contribution in [0.1, 0.15) is 10.4 Å². The van der Waals surface area contributed by atoms with Crippen LogP contribution in [0.5, 0.6) is 0 Å². The van der Waals surface area contributed by atoms with Gasteiger partial charge >= 0.3 is 6.03 Å². The Balaban J connectivity index is 2.56. The maximum Gasteiger partial charge on any atom is 0.333 e. The summed E-state index contributed by atoms with van der Waals surface area (Å²) in [6.07, 6.45) is 2.74. The van der Waals surface area contributed by atoms with Gasteiger partial charge in [-0.3, -0.25) is 15.3 Å². The first kappa shape index (κ1) is 9.04. The summed E-state index contributed by atoms with van der Waals surface area (Å²) >= 11 is 0. The molecule has 0 aliphatic heterocycles. The largest absolute Gasteiger partial charge is 0.350 e. The Bertz CT molecular complexity index is 307. The van der Waals surface area contributed by atoms with Crippen LogP contribution in [-0.2, 0) is 0 Å². The number of aromatic nitrogens is 2. The van der Waals surface area contributed by atoms with Gasteiger partial charge in [-0.25, -0.2) is 9.80 Å². The first-order valence-corrected chi connectivity index (χ1v) is 3.44. The lowest BCUT2D eigenvalue weighted by atomic mass is 10.3. The van der Waals surface area contributed by atoms with Crippen LogP contribution in [0, 0.1) is 0 Å². The zero-order valence-corrected chi connectivity index (χ0v) is 6.94. The summed E-state index contributed by atoms with van der Waals surface area (Å²) in [7, 11) is 1.35. The highest BCUT2D eigenvalue weighted by Gasteiger charge is 2.10. The van der Waals surface area contributed by atoms with Gasteiger partial charge in [0.2, 0.25) is 0 Å². The van der Waals surface area contributed by atoms with E-state index >= 15 is 0 Å². The van der Waals surface area contributed by atoms with Crippen molar-refractivity contribution in [2.75, 3.05) is 7.05 Å². The summed E-state index contributed by atoms with van der Waals surface area (Å²) < 4.78 is 0. The Kier molecular flexibility index (Phi) is 2.48. The fourth-order valence-corrected chi connectivity index (χ4v) is 0.647. The second kappa shape index (κ2) is 3.57. The highest BCUT2D eigenvalue weighted by molar-refractivity contribution is 5.94. The van der Waals surface area contributed by atoms with Crippen LogP contribution < -0.4 is 11.2 Å². The zero-order valence-electron chi connectivity index (χ0n) is 6.94. The molecule has 70 valence electrons. The Hall–Kier alpha value is -2.05. The number of carbonyl (C=O) groups excluding carboxylic acids is 2. The smallest absolute Gasteiger partial charge is 0.333 e. The number of rotatable bonds is 1. The van der Waals surface area contributed by atoms with Gasteiger partial charge in [0.1, 0.15) is 0 Å². The van der Waals surface area contributed by atoms with E-state index in [-0.39, 0.29) is 0 Å². The van der Waals surface area contributed by atoms with Crippen molar-refractivity contribution in [3.8, 4) is 0 Å². The summed E-state index contributed by atoms with van der Waals surface area (Å²) in [6, 6.07) is -0.739. The van der Waals surface area contributed by atoms with Crippen LogP contribution in [0.2, 0.25) is 0 Å². The van der Waals surface area contributed by atoms with Gasteiger partial charge < -0.3 is 5.73 Å². The molecule has 0 unspecified atom stereocenters. The van der Waals surface area contributed by atoms with Crippen molar-refractivity contribution < 1.29 is 9.59 Å². The molecule has 1 heterocycles. The lowest BCUT2D eigenvalue weighted by molar-refractivity contribution is 0.0859. The molecule has 1 aromatic rings. The normalized spacial score (nSPS) is 9.31. The number of primary amides is 1. The third-order valence-electron chi connectivity index (χ3n) is 1.36. The summed E-state index contributed by atoms with van der Waals surface area (Å²) in [5, 5.41) is 6.93. The van der Waals surface area contributed by atoms with Crippen LogP contribution in [0.3, 0.4) is 0 Å². The molecule has 1 rings (SSSR count). The Morgan fingerprint density at radius 2 is 2.38 bits per heavy atom. The molecule has 0 aromatic carbocycles. The van der Waals surface area contributed by atoms with Crippen molar-refractivity contribution >= 4 is 11.9 Å². The van der Waals surface area contributed by atoms with E-state index in [1.54, 1.807) is 0 Å². The molecule has 7 heteroatoms. The van der Waals surface area contributed by atoms with Gasteiger partial charge in [0, 0.05) is 13.2 Å². The number of hydrazine groups is 1. The predicted molar refractivity (Wildman–Crippen MR) is 43.4 cm³/mol. The summed E-state index contributed by atoms with van der Waals surface area (Å²) in [4.78, 5) is 21.7. The minimum atomic E-state index is -0.739. The van der Waals surface area contributed by atoms with Gasteiger partial charge in [0.15, 0.2) is 0 Å². The molecule has 0 atom stereocenters. The number of nitrogens with two attached hydrogens (primary N) is 1. The van der Waals surface area contributed by atoms with E-state index in [0.717, 1.165) is 5.01 Å². The van der Waals surface area contributed by atoms with E-state index < -0.39 is 11.9 Å². The first-order chi connectivity index (χ1) is 6.11. The van der Waals surface area contributed by atoms with E-state index in [1.165, 1.54) is 19.4 Å². The van der Waals surface area contributed by atoms with Crippen LogP contribution in [0.4, 0.5) is 4.79 Å². The van der Waals surface area contributed by atoms with Crippen LogP contribution in [-0.4, -0.2) is 34.2 Å². The minimum absolute atomic E-state index is 0.327. The third-order valence-corrected chi connectivity index (χ3v) is 1.36. The Labute approximate surface area is 73.9 Å². The molecule has 0 fully saturated rings. The number of amides is 3. The van der Waals surface area contributed by atoms with Crippen LogP contribution in [0.15, 0.2) is 12.4 Å². The first-order valence-electron chi connectivity index (χ1n) is 3.44. The van der Waals surface area contributed by atoms with E-state index in [9.17, 15) is 9.59 Å². The SMILES string of the molecule is CN(NC(=O)c1cn[nH]c1)C(N)=O. The summed E-state index contributed by atoms with van der Waals surface area (Å²) in [6.45, 7) is 0. The number of aromatic amines is 1. The van der Waals surface area contributed by atoms with Gasteiger partial charge in [-0.05, 0) is 0 Å². The quantitative estimate of drug-likeness (QED) is 0.489. The lowest BCUT2D eigenvalue weighted by Crippen LogP contribution is -2.45. The van der Waals surface area contributed by atoms with E-state index in [2.05, 4.69) is 15.6 Å². The van der Waals surface area contributed by atoms with Crippen molar-refractivity contribution in [3.05, 3.63) is 18.0 Å². The highest BCUT2D eigenvalue weighted by Crippen LogP contribution is 1.92. The minimum Gasteiger partial charge on any atom is -0.350 e. The molecular formula is C6H9N5O2. The topological polar surface area (TPSA) is 104 Å². The van der Waals surface area contributed by atoms with E-state index in [4.69, 9.17) is 5.73 Å². The molecule has 3 amide bonds. The summed E-state index contributed by atoms with van der Waals surface area (Å²) in [5.74, 6) is -0.449. The van der Waals surface area contributed by atoms with Crippen molar-refractivity contribution in [3.63, 3.8) is 0 Å². The number of carbonyl (C=O) groups is 2. The molecule has 1 aromatic heterocycles. The van der Waals surface area contributed by atoms with Gasteiger partial charge in [0.05, 0.1) is 11.8 Å². The van der Waals surface area contributed by atoms with Gasteiger partial charge in [-0.1, -0.05) is 0 Å². The number of nitrogens with zero attached hydrogens (tertiary/aromatic N) is 2. The number of H-pyrrole nitrogens is 1. The molecule has 4 N–H and O–H groups in total. The molecule has 0 radical (unpaired) electrons. The van der Waals surface area contributed by atoms with Crippen molar-refractivity contribution in [1.29, 1.82) is 0 Å². The Morgan fingerprint density at radius 1 is 1.69 bits per heavy atom. The van der Waals surface area contributed by atoms with Crippen molar-refractivity contribution in [1.82, 2.24) is 20.6 Å². The molecule has 7 nitrogen and oxygen atoms in total. The number of urea groups is 1. The van der Waals surface area contributed by atoms with Gasteiger partial charge in [-0.2, -0.15) is 5.10 Å². The molecular weight excluding hydrogens is 174 g/mol. The van der Waals surface area contributed by atoms with Gasteiger partial charge in [-0.15, -0.1) is 0 Å². The second-order valence-corrected chi connectivity index (χ2v) is 2.33. The predicted octanol–water partition coefficient (Wildman–Crippen LogP) is -0.935. The molecule has 0 aliphatic carbocycles. The highest BCUT2D eigenvalue weighted by atomic mass is 16.2. The summed E-state index contributed by atoms with van der Waals surface area (Å²) in [5.41, 5.74) is 7.46.